The molecule has 1 aliphatic rings. The van der Waals surface area contributed by atoms with Gasteiger partial charge < -0.3 is 5.32 Å². The Balaban J connectivity index is 1.82. The lowest BCUT2D eigenvalue weighted by Crippen LogP contribution is -2.27. The molecule has 1 atom stereocenters. The van der Waals surface area contributed by atoms with Crippen LogP contribution in [-0.2, 0) is 0 Å². The van der Waals surface area contributed by atoms with Crippen LogP contribution in [0.4, 0.5) is 0 Å². The standard InChI is InChI=1S/C15H22BrN/c1-12(14-8-5-9-15(16)10-14)17-11-13-6-3-2-4-7-13/h5,8-10,12-13,17H,2-4,6-7,11H2,1H3/t12-/m1/s1. The summed E-state index contributed by atoms with van der Waals surface area (Å²) < 4.78 is 1.17. The van der Waals surface area contributed by atoms with Gasteiger partial charge in [-0.3, -0.25) is 0 Å². The molecule has 0 aromatic heterocycles. The van der Waals surface area contributed by atoms with Crippen LogP contribution in [0.1, 0.15) is 50.6 Å². The van der Waals surface area contributed by atoms with Gasteiger partial charge in [0.15, 0.2) is 0 Å². The first-order valence-corrected chi connectivity index (χ1v) is 7.54. The maximum atomic E-state index is 3.68. The highest BCUT2D eigenvalue weighted by atomic mass is 79.9. The molecule has 2 rings (SSSR count). The smallest absolute Gasteiger partial charge is 0.0292 e. The summed E-state index contributed by atoms with van der Waals surface area (Å²) in [5, 5.41) is 3.68. The van der Waals surface area contributed by atoms with E-state index in [9.17, 15) is 0 Å². The number of nitrogens with one attached hydrogen (secondary N) is 1. The zero-order valence-electron chi connectivity index (χ0n) is 10.6. The molecule has 1 aromatic rings. The van der Waals surface area contributed by atoms with Crippen molar-refractivity contribution in [2.24, 2.45) is 5.92 Å². The molecule has 0 aliphatic heterocycles. The second-order valence-electron chi connectivity index (χ2n) is 5.19. The molecule has 0 radical (unpaired) electrons. The highest BCUT2D eigenvalue weighted by molar-refractivity contribution is 9.10. The Kier molecular flexibility index (Phi) is 5.05. The molecule has 0 spiro atoms. The van der Waals surface area contributed by atoms with Crippen molar-refractivity contribution in [2.45, 2.75) is 45.1 Å². The molecule has 17 heavy (non-hydrogen) atoms. The molecule has 1 nitrogen and oxygen atoms in total. The van der Waals surface area contributed by atoms with Gasteiger partial charge in [0.25, 0.3) is 0 Å². The number of hydrogen-bond donors (Lipinski definition) is 1. The SMILES string of the molecule is C[C@@H](NCC1CCCCC1)c1cccc(Br)c1. The van der Waals surface area contributed by atoms with Crippen LogP contribution in [0.15, 0.2) is 28.7 Å². The molecule has 94 valence electrons. The van der Waals surface area contributed by atoms with Crippen molar-refractivity contribution in [1.82, 2.24) is 5.32 Å². The van der Waals surface area contributed by atoms with Crippen molar-refractivity contribution in [2.75, 3.05) is 6.54 Å². The maximum Gasteiger partial charge on any atom is 0.0292 e. The molecule has 0 unspecified atom stereocenters. The lowest BCUT2D eigenvalue weighted by molar-refractivity contribution is 0.331. The average molecular weight is 296 g/mol. The lowest BCUT2D eigenvalue weighted by atomic mass is 9.89. The minimum atomic E-state index is 0.453. The minimum Gasteiger partial charge on any atom is -0.310 e. The number of rotatable bonds is 4. The van der Waals surface area contributed by atoms with Crippen molar-refractivity contribution < 1.29 is 0 Å². The predicted molar refractivity (Wildman–Crippen MR) is 77.1 cm³/mol. The first kappa shape index (κ1) is 13.1. The van der Waals surface area contributed by atoms with Crippen molar-refractivity contribution in [3.05, 3.63) is 34.3 Å². The van der Waals surface area contributed by atoms with E-state index in [-0.39, 0.29) is 0 Å². The number of halogens is 1. The van der Waals surface area contributed by atoms with Crippen LogP contribution in [0, 0.1) is 5.92 Å². The summed E-state index contributed by atoms with van der Waals surface area (Å²) in [5.74, 6) is 0.901. The molecular formula is C15H22BrN. The molecule has 0 saturated heterocycles. The fourth-order valence-corrected chi connectivity index (χ4v) is 3.05. The Bertz CT molecular complexity index is 345. The van der Waals surface area contributed by atoms with E-state index in [1.54, 1.807) is 0 Å². The monoisotopic (exact) mass is 295 g/mol. The average Bonchev–Trinajstić information content (AvgIpc) is 2.37. The van der Waals surface area contributed by atoms with Crippen LogP contribution in [0.2, 0.25) is 0 Å². The molecule has 1 aliphatic carbocycles. The molecule has 0 amide bonds. The van der Waals surface area contributed by atoms with E-state index in [2.05, 4.69) is 52.4 Å². The second-order valence-corrected chi connectivity index (χ2v) is 6.10. The summed E-state index contributed by atoms with van der Waals surface area (Å²) in [4.78, 5) is 0. The van der Waals surface area contributed by atoms with Crippen molar-refractivity contribution in [3.8, 4) is 0 Å². The van der Waals surface area contributed by atoms with Crippen LogP contribution in [-0.4, -0.2) is 6.54 Å². The molecule has 0 bridgehead atoms. The maximum absolute atomic E-state index is 3.68. The van der Waals surface area contributed by atoms with Crippen LogP contribution in [0.25, 0.3) is 0 Å². The zero-order valence-corrected chi connectivity index (χ0v) is 12.2. The van der Waals surface area contributed by atoms with Crippen molar-refractivity contribution >= 4 is 15.9 Å². The van der Waals surface area contributed by atoms with Gasteiger partial charge in [-0.15, -0.1) is 0 Å². The Hall–Kier alpha value is -0.340. The largest absolute Gasteiger partial charge is 0.310 e. The van der Waals surface area contributed by atoms with Crippen molar-refractivity contribution in [3.63, 3.8) is 0 Å². The minimum absolute atomic E-state index is 0.453. The highest BCUT2D eigenvalue weighted by Gasteiger charge is 2.14. The van der Waals surface area contributed by atoms with Gasteiger partial charge in [0.2, 0.25) is 0 Å². The van der Waals surface area contributed by atoms with E-state index >= 15 is 0 Å². The van der Waals surface area contributed by atoms with E-state index in [1.807, 2.05) is 0 Å². The molecule has 1 aromatic carbocycles. The van der Waals surface area contributed by atoms with Gasteiger partial charge in [-0.1, -0.05) is 47.3 Å². The van der Waals surface area contributed by atoms with E-state index in [4.69, 9.17) is 0 Å². The fraction of sp³-hybridized carbons (Fsp3) is 0.600. The van der Waals surface area contributed by atoms with Gasteiger partial charge >= 0.3 is 0 Å². The summed E-state index contributed by atoms with van der Waals surface area (Å²) in [6, 6.07) is 9.05. The van der Waals surface area contributed by atoms with Gasteiger partial charge in [-0.05, 0) is 49.9 Å². The molecule has 2 heteroatoms. The van der Waals surface area contributed by atoms with Gasteiger partial charge in [-0.2, -0.15) is 0 Å². The third-order valence-electron chi connectivity index (χ3n) is 3.79. The molecule has 1 N–H and O–H groups in total. The van der Waals surface area contributed by atoms with Crippen molar-refractivity contribution in [1.29, 1.82) is 0 Å². The Morgan fingerprint density at radius 3 is 2.76 bits per heavy atom. The fourth-order valence-electron chi connectivity index (χ4n) is 2.63. The van der Waals surface area contributed by atoms with Gasteiger partial charge in [0.05, 0.1) is 0 Å². The normalized spacial score (nSPS) is 19.2. The Labute approximate surface area is 113 Å². The Morgan fingerprint density at radius 1 is 1.29 bits per heavy atom. The van der Waals surface area contributed by atoms with Gasteiger partial charge in [-0.25, -0.2) is 0 Å². The summed E-state index contributed by atoms with van der Waals surface area (Å²) in [6.07, 6.45) is 7.13. The summed E-state index contributed by atoms with van der Waals surface area (Å²) in [5.41, 5.74) is 1.37. The van der Waals surface area contributed by atoms with Crippen LogP contribution >= 0.6 is 15.9 Å². The first-order valence-electron chi connectivity index (χ1n) is 6.74. The van der Waals surface area contributed by atoms with Crippen LogP contribution in [0.5, 0.6) is 0 Å². The summed E-state index contributed by atoms with van der Waals surface area (Å²) in [7, 11) is 0. The quantitative estimate of drug-likeness (QED) is 0.850. The Morgan fingerprint density at radius 2 is 2.06 bits per heavy atom. The van der Waals surface area contributed by atoms with E-state index in [1.165, 1.54) is 48.7 Å². The van der Waals surface area contributed by atoms with E-state index in [0.29, 0.717) is 6.04 Å². The van der Waals surface area contributed by atoms with Crippen LogP contribution < -0.4 is 5.32 Å². The summed E-state index contributed by atoms with van der Waals surface area (Å²) >= 11 is 3.53. The molecule has 0 heterocycles. The van der Waals surface area contributed by atoms with E-state index < -0.39 is 0 Å². The van der Waals surface area contributed by atoms with Crippen LogP contribution in [0.3, 0.4) is 0 Å². The topological polar surface area (TPSA) is 12.0 Å². The highest BCUT2D eigenvalue weighted by Crippen LogP contribution is 2.24. The third kappa shape index (κ3) is 4.11. The third-order valence-corrected chi connectivity index (χ3v) is 4.28. The second kappa shape index (κ2) is 6.55. The molecule has 1 saturated carbocycles. The number of hydrogen-bond acceptors (Lipinski definition) is 1. The first-order chi connectivity index (χ1) is 8.25. The van der Waals surface area contributed by atoms with Gasteiger partial charge in [0, 0.05) is 10.5 Å². The summed E-state index contributed by atoms with van der Waals surface area (Å²) in [6.45, 7) is 3.43. The number of benzene rings is 1. The van der Waals surface area contributed by atoms with Gasteiger partial charge in [0.1, 0.15) is 0 Å². The molecule has 1 fully saturated rings. The van der Waals surface area contributed by atoms with E-state index in [0.717, 1.165) is 5.92 Å². The lowest BCUT2D eigenvalue weighted by Gasteiger charge is -2.24. The molecular weight excluding hydrogens is 274 g/mol. The zero-order chi connectivity index (χ0) is 12.1. The predicted octanol–water partition coefficient (Wildman–Crippen LogP) is 4.68.